The zero-order valence-electron chi connectivity index (χ0n) is 5.71. The Hall–Kier alpha value is -1.08. The van der Waals surface area contributed by atoms with E-state index in [4.69, 9.17) is 11.6 Å². The number of nitrogens with zero attached hydrogens (tertiary/aromatic N) is 1. The summed E-state index contributed by atoms with van der Waals surface area (Å²) < 4.78 is 0. The van der Waals surface area contributed by atoms with Gasteiger partial charge in [0.25, 0.3) is 0 Å². The van der Waals surface area contributed by atoms with Gasteiger partial charge >= 0.3 is 0 Å². The third kappa shape index (κ3) is 1.19. The molecule has 0 spiro atoms. The van der Waals surface area contributed by atoms with Crippen molar-refractivity contribution in [2.24, 2.45) is 0 Å². The summed E-state index contributed by atoms with van der Waals surface area (Å²) in [5.41, 5.74) is 0.928. The molecule has 1 nitrogen and oxygen atoms in total. The third-order valence-electron chi connectivity index (χ3n) is 1.48. The number of aromatic nitrogens is 1. The highest BCUT2D eigenvalue weighted by molar-refractivity contribution is 6.31. The Bertz CT molecular complexity index is 384. The summed E-state index contributed by atoms with van der Waals surface area (Å²) in [5.74, 6) is 0. The van der Waals surface area contributed by atoms with Crippen LogP contribution in [-0.4, -0.2) is 4.98 Å². The number of fused-ring (bicyclic) bond motifs is 1. The van der Waals surface area contributed by atoms with Crippen LogP contribution in [0.15, 0.2) is 30.5 Å². The van der Waals surface area contributed by atoms with Crippen LogP contribution in [0.1, 0.15) is 0 Å². The number of hydrogen-bond acceptors (Lipinski definition) is 1. The van der Waals surface area contributed by atoms with Crippen LogP contribution in [-0.2, 0) is 0 Å². The molecular formula is C9H5ClN. The van der Waals surface area contributed by atoms with Crippen molar-refractivity contribution in [3.63, 3.8) is 0 Å². The van der Waals surface area contributed by atoms with Gasteiger partial charge in [0.05, 0.1) is 5.52 Å². The fourth-order valence-electron chi connectivity index (χ4n) is 0.978. The standard InChI is InChI=1S/C9H5ClN/c10-8-3-4-9-7(6-8)2-1-5-11-9/h1-5H. The molecule has 0 amide bonds. The van der Waals surface area contributed by atoms with Crippen LogP contribution in [0, 0.1) is 6.07 Å². The van der Waals surface area contributed by atoms with Gasteiger partial charge in [-0.15, -0.1) is 0 Å². The van der Waals surface area contributed by atoms with Crippen LogP contribution >= 0.6 is 11.6 Å². The van der Waals surface area contributed by atoms with E-state index in [9.17, 15) is 0 Å². The molecule has 0 saturated carbocycles. The summed E-state index contributed by atoms with van der Waals surface area (Å²) in [6, 6.07) is 10.5. The highest BCUT2D eigenvalue weighted by Crippen LogP contribution is 2.15. The van der Waals surface area contributed by atoms with E-state index in [1.54, 1.807) is 12.3 Å². The first kappa shape index (κ1) is 6.62. The van der Waals surface area contributed by atoms with E-state index in [-0.39, 0.29) is 0 Å². The Labute approximate surface area is 69.6 Å². The maximum atomic E-state index is 5.74. The molecule has 2 heteroatoms. The molecule has 0 atom stereocenters. The topological polar surface area (TPSA) is 12.9 Å². The Morgan fingerprint density at radius 3 is 3.09 bits per heavy atom. The number of benzene rings is 1. The van der Waals surface area contributed by atoms with Crippen LogP contribution in [0.2, 0.25) is 5.02 Å². The lowest BCUT2D eigenvalue weighted by atomic mass is 10.2. The van der Waals surface area contributed by atoms with Crippen molar-refractivity contribution >= 4 is 22.5 Å². The minimum absolute atomic E-state index is 0.630. The quantitative estimate of drug-likeness (QED) is 0.581. The first-order chi connectivity index (χ1) is 5.36. The summed E-state index contributed by atoms with van der Waals surface area (Å²) in [5, 5.41) is 1.59. The SMILES string of the molecule is Clc1[c]c2cccnc2cc1. The molecule has 53 valence electrons. The molecule has 0 aliphatic heterocycles. The Morgan fingerprint density at radius 2 is 2.18 bits per heavy atom. The van der Waals surface area contributed by atoms with Crippen molar-refractivity contribution in [1.82, 2.24) is 4.98 Å². The maximum Gasteiger partial charge on any atom is 0.0709 e. The molecule has 11 heavy (non-hydrogen) atoms. The van der Waals surface area contributed by atoms with Crippen LogP contribution in [0.25, 0.3) is 10.9 Å². The molecule has 1 aromatic carbocycles. The van der Waals surface area contributed by atoms with Crippen LogP contribution in [0.4, 0.5) is 0 Å². The number of halogens is 1. The van der Waals surface area contributed by atoms with Gasteiger partial charge in [0.1, 0.15) is 0 Å². The first-order valence-corrected chi connectivity index (χ1v) is 3.66. The monoisotopic (exact) mass is 162 g/mol. The fourth-order valence-corrected chi connectivity index (χ4v) is 1.14. The van der Waals surface area contributed by atoms with Gasteiger partial charge in [-0.2, -0.15) is 0 Å². The molecule has 0 fully saturated rings. The van der Waals surface area contributed by atoms with E-state index in [0.717, 1.165) is 10.9 Å². The summed E-state index contributed by atoms with van der Waals surface area (Å²) >= 11 is 5.74. The molecule has 1 heterocycles. The van der Waals surface area contributed by atoms with Crippen LogP contribution < -0.4 is 0 Å². The lowest BCUT2D eigenvalue weighted by Gasteiger charge is -1.93. The third-order valence-corrected chi connectivity index (χ3v) is 1.70. The van der Waals surface area contributed by atoms with Gasteiger partial charge in [0.2, 0.25) is 0 Å². The molecule has 0 unspecified atom stereocenters. The van der Waals surface area contributed by atoms with Gasteiger partial charge in [0, 0.05) is 22.7 Å². The number of pyridine rings is 1. The van der Waals surface area contributed by atoms with Crippen molar-refractivity contribution in [3.8, 4) is 0 Å². The maximum absolute atomic E-state index is 5.74. The zero-order valence-corrected chi connectivity index (χ0v) is 6.47. The molecule has 2 aromatic rings. The smallest absolute Gasteiger partial charge is 0.0709 e. The summed E-state index contributed by atoms with van der Waals surface area (Å²) in [7, 11) is 0. The van der Waals surface area contributed by atoms with Crippen molar-refractivity contribution in [2.45, 2.75) is 0 Å². The van der Waals surface area contributed by atoms with E-state index >= 15 is 0 Å². The molecule has 2 rings (SSSR count). The minimum Gasteiger partial charge on any atom is -0.256 e. The Morgan fingerprint density at radius 1 is 1.27 bits per heavy atom. The largest absolute Gasteiger partial charge is 0.256 e. The van der Waals surface area contributed by atoms with E-state index in [1.807, 2.05) is 18.2 Å². The van der Waals surface area contributed by atoms with E-state index in [2.05, 4.69) is 11.1 Å². The molecule has 0 aliphatic rings. The molecule has 0 saturated heterocycles. The predicted octanol–water partition coefficient (Wildman–Crippen LogP) is 2.69. The summed E-state index contributed by atoms with van der Waals surface area (Å²) in [6.45, 7) is 0. The van der Waals surface area contributed by atoms with Gasteiger partial charge in [-0.3, -0.25) is 4.98 Å². The van der Waals surface area contributed by atoms with Crippen LogP contribution in [0.3, 0.4) is 0 Å². The van der Waals surface area contributed by atoms with E-state index < -0.39 is 0 Å². The van der Waals surface area contributed by atoms with E-state index in [0.29, 0.717) is 5.02 Å². The van der Waals surface area contributed by atoms with Gasteiger partial charge in [-0.1, -0.05) is 17.7 Å². The number of rotatable bonds is 0. The highest BCUT2D eigenvalue weighted by atomic mass is 35.5. The van der Waals surface area contributed by atoms with Gasteiger partial charge < -0.3 is 0 Å². The zero-order chi connectivity index (χ0) is 7.68. The number of hydrogen-bond donors (Lipinski definition) is 0. The normalized spacial score (nSPS) is 10.3. The molecular weight excluding hydrogens is 158 g/mol. The Balaban J connectivity index is 2.83. The van der Waals surface area contributed by atoms with E-state index in [1.165, 1.54) is 0 Å². The lowest BCUT2D eigenvalue weighted by Crippen LogP contribution is -1.75. The first-order valence-electron chi connectivity index (χ1n) is 3.29. The minimum atomic E-state index is 0.630. The van der Waals surface area contributed by atoms with Crippen molar-refractivity contribution in [1.29, 1.82) is 0 Å². The molecule has 1 radical (unpaired) electrons. The molecule has 0 N–H and O–H groups in total. The molecule has 1 aromatic heterocycles. The summed E-state index contributed by atoms with van der Waals surface area (Å²) in [6.07, 6.45) is 1.75. The second-order valence-electron chi connectivity index (χ2n) is 2.24. The fraction of sp³-hybridized carbons (Fsp3) is 0. The van der Waals surface area contributed by atoms with Crippen molar-refractivity contribution < 1.29 is 0 Å². The van der Waals surface area contributed by atoms with Gasteiger partial charge in [-0.05, 0) is 18.2 Å². The van der Waals surface area contributed by atoms with Gasteiger partial charge in [-0.25, -0.2) is 0 Å². The molecule has 0 aliphatic carbocycles. The second-order valence-corrected chi connectivity index (χ2v) is 2.65. The van der Waals surface area contributed by atoms with Gasteiger partial charge in [0.15, 0.2) is 0 Å². The predicted molar refractivity (Wildman–Crippen MR) is 45.6 cm³/mol. The highest BCUT2D eigenvalue weighted by Gasteiger charge is 1.92. The average Bonchev–Trinajstić information content (AvgIpc) is 2.04. The van der Waals surface area contributed by atoms with Crippen LogP contribution in [0.5, 0.6) is 0 Å². The van der Waals surface area contributed by atoms with Crippen molar-refractivity contribution in [3.05, 3.63) is 41.6 Å². The summed E-state index contributed by atoms with van der Waals surface area (Å²) in [4.78, 5) is 4.13. The average molecular weight is 163 g/mol. The lowest BCUT2D eigenvalue weighted by molar-refractivity contribution is 1.41. The second kappa shape index (κ2) is 2.51. The Kier molecular flexibility index (Phi) is 1.51. The van der Waals surface area contributed by atoms with Crippen molar-refractivity contribution in [2.75, 3.05) is 0 Å². The molecule has 0 bridgehead atoms.